The van der Waals surface area contributed by atoms with Crippen molar-refractivity contribution in [3.05, 3.63) is 83.2 Å². The van der Waals surface area contributed by atoms with E-state index in [4.69, 9.17) is 11.5 Å². The highest BCUT2D eigenvalue weighted by atomic mass is 15.1. The second-order valence-electron chi connectivity index (χ2n) is 8.16. The molecule has 2 aromatic carbocycles. The maximum Gasteiger partial charge on any atom is 0.0424 e. The topological polar surface area (TPSA) is 68.2 Å². The Morgan fingerprint density at radius 3 is 2.07 bits per heavy atom. The first-order valence-electron chi connectivity index (χ1n) is 10.2. The van der Waals surface area contributed by atoms with Gasteiger partial charge < -0.3 is 16.4 Å². The fourth-order valence-electron chi connectivity index (χ4n) is 4.07. The number of nitrogens with zero attached hydrogens (tertiary/aromatic N) is 2. The molecule has 0 radical (unpaired) electrons. The molecule has 1 aromatic heterocycles. The maximum atomic E-state index is 6.67. The van der Waals surface area contributed by atoms with Gasteiger partial charge in [-0.05, 0) is 59.1 Å². The molecule has 4 N–H and O–H groups in total. The average Bonchev–Trinajstić information content (AvgIpc) is 2.70. The van der Waals surface area contributed by atoms with E-state index in [1.165, 1.54) is 27.9 Å². The Morgan fingerprint density at radius 2 is 1.45 bits per heavy atom. The first kappa shape index (κ1) is 20.7. The third kappa shape index (κ3) is 4.70. The Morgan fingerprint density at radius 1 is 0.828 bits per heavy atom. The van der Waals surface area contributed by atoms with Gasteiger partial charge in [-0.1, -0.05) is 50.2 Å². The van der Waals surface area contributed by atoms with Crippen LogP contribution in [0.1, 0.15) is 47.9 Å². The van der Waals surface area contributed by atoms with E-state index in [2.05, 4.69) is 68.2 Å². The zero-order chi connectivity index (χ0) is 21.0. The van der Waals surface area contributed by atoms with Crippen molar-refractivity contribution in [2.75, 3.05) is 30.5 Å². The molecule has 3 aromatic rings. The average molecular weight is 389 g/mol. The Hall–Kier alpha value is -3.01. The monoisotopic (exact) mass is 388 g/mol. The summed E-state index contributed by atoms with van der Waals surface area (Å²) in [6.45, 7) is 4.46. The van der Waals surface area contributed by atoms with Crippen LogP contribution in [0.4, 0.5) is 17.1 Å². The van der Waals surface area contributed by atoms with Gasteiger partial charge in [0.1, 0.15) is 0 Å². The summed E-state index contributed by atoms with van der Waals surface area (Å²) in [5, 5.41) is 0. The van der Waals surface area contributed by atoms with Gasteiger partial charge in [0.2, 0.25) is 0 Å². The van der Waals surface area contributed by atoms with Gasteiger partial charge in [0, 0.05) is 43.6 Å². The molecule has 4 heteroatoms. The van der Waals surface area contributed by atoms with Crippen molar-refractivity contribution in [2.45, 2.75) is 38.5 Å². The summed E-state index contributed by atoms with van der Waals surface area (Å²) in [5.41, 5.74) is 20.6. The number of benzene rings is 2. The van der Waals surface area contributed by atoms with Gasteiger partial charge in [-0.25, -0.2) is 0 Å². The lowest BCUT2D eigenvalue weighted by molar-refractivity contribution is 0.738. The zero-order valence-corrected chi connectivity index (χ0v) is 17.9. The van der Waals surface area contributed by atoms with Crippen LogP contribution in [0.2, 0.25) is 0 Å². The lowest BCUT2D eigenvalue weighted by Crippen LogP contribution is -2.13. The van der Waals surface area contributed by atoms with E-state index in [-0.39, 0.29) is 0 Å². The summed E-state index contributed by atoms with van der Waals surface area (Å²) in [6, 6.07) is 16.5. The van der Waals surface area contributed by atoms with Crippen LogP contribution in [0.3, 0.4) is 0 Å². The Bertz CT molecular complexity index is 965. The Kier molecular flexibility index (Phi) is 6.42. The van der Waals surface area contributed by atoms with Gasteiger partial charge in [0.05, 0.1) is 0 Å². The minimum atomic E-state index is 0.294. The summed E-state index contributed by atoms with van der Waals surface area (Å²) in [6.07, 6.45) is 5.58. The second-order valence-corrected chi connectivity index (χ2v) is 8.16. The zero-order valence-electron chi connectivity index (χ0n) is 17.9. The number of hydrogen-bond donors (Lipinski definition) is 2. The summed E-state index contributed by atoms with van der Waals surface area (Å²) < 4.78 is 0. The number of nitrogen functional groups attached to an aromatic ring is 2. The minimum absolute atomic E-state index is 0.294. The van der Waals surface area contributed by atoms with Crippen LogP contribution in [0.25, 0.3) is 0 Å². The van der Waals surface area contributed by atoms with Crippen molar-refractivity contribution in [3.8, 4) is 0 Å². The summed E-state index contributed by atoms with van der Waals surface area (Å²) >= 11 is 0. The minimum Gasteiger partial charge on any atom is -0.399 e. The molecule has 0 amide bonds. The number of pyridine rings is 1. The molecule has 2 atom stereocenters. The quantitative estimate of drug-likeness (QED) is 0.559. The van der Waals surface area contributed by atoms with E-state index in [1.54, 1.807) is 0 Å². The predicted octanol–water partition coefficient (Wildman–Crippen LogP) is 5.00. The van der Waals surface area contributed by atoms with Crippen LogP contribution >= 0.6 is 0 Å². The fourth-order valence-corrected chi connectivity index (χ4v) is 4.07. The Balaban J connectivity index is 1.84. The summed E-state index contributed by atoms with van der Waals surface area (Å²) in [5.74, 6) is 0.592. The molecule has 0 spiro atoms. The van der Waals surface area contributed by atoms with Crippen molar-refractivity contribution in [3.63, 3.8) is 0 Å². The number of para-hydroxylation sites is 2. The van der Waals surface area contributed by atoms with Crippen LogP contribution in [0, 0.1) is 0 Å². The highest BCUT2D eigenvalue weighted by molar-refractivity contribution is 5.59. The standard InChI is InChI=1S/C25H32N4/c1-17(14-19-8-5-6-11-23(19)26)21-9-7-10-22(25(21)27)18(2)15-20-16-28-13-12-24(20)29(3)4/h5-13,16-18H,14-15,26-27H2,1-4H3. The van der Waals surface area contributed by atoms with Crippen molar-refractivity contribution >= 4 is 17.1 Å². The first-order chi connectivity index (χ1) is 13.9. The largest absolute Gasteiger partial charge is 0.399 e. The number of hydrogen-bond acceptors (Lipinski definition) is 4. The smallest absolute Gasteiger partial charge is 0.0424 e. The predicted molar refractivity (Wildman–Crippen MR) is 125 cm³/mol. The molecule has 4 nitrogen and oxygen atoms in total. The highest BCUT2D eigenvalue weighted by Gasteiger charge is 2.18. The lowest BCUT2D eigenvalue weighted by Gasteiger charge is -2.23. The van der Waals surface area contributed by atoms with Gasteiger partial charge in [0.15, 0.2) is 0 Å². The van der Waals surface area contributed by atoms with Crippen LogP contribution in [-0.2, 0) is 12.8 Å². The van der Waals surface area contributed by atoms with Gasteiger partial charge in [-0.3, -0.25) is 4.98 Å². The summed E-state index contributed by atoms with van der Waals surface area (Å²) in [7, 11) is 4.13. The normalized spacial score (nSPS) is 13.1. The van der Waals surface area contributed by atoms with E-state index in [0.29, 0.717) is 11.8 Å². The summed E-state index contributed by atoms with van der Waals surface area (Å²) in [4.78, 5) is 6.46. The SMILES string of the molecule is CC(Cc1ccccc1N)c1cccc(C(C)Cc2cnccc2N(C)C)c1N. The third-order valence-corrected chi connectivity index (χ3v) is 5.70. The fraction of sp³-hybridized carbons (Fsp3) is 0.320. The van der Waals surface area contributed by atoms with Crippen molar-refractivity contribution in [1.82, 2.24) is 4.98 Å². The van der Waals surface area contributed by atoms with E-state index in [1.807, 2.05) is 30.6 Å². The van der Waals surface area contributed by atoms with Crippen LogP contribution in [-0.4, -0.2) is 19.1 Å². The van der Waals surface area contributed by atoms with Gasteiger partial charge in [-0.2, -0.15) is 0 Å². The first-order valence-corrected chi connectivity index (χ1v) is 10.2. The molecule has 0 saturated heterocycles. The number of nitrogens with two attached hydrogens (primary N) is 2. The molecule has 152 valence electrons. The molecule has 1 heterocycles. The van der Waals surface area contributed by atoms with Gasteiger partial charge in [0.25, 0.3) is 0 Å². The maximum absolute atomic E-state index is 6.67. The van der Waals surface area contributed by atoms with E-state index < -0.39 is 0 Å². The van der Waals surface area contributed by atoms with Gasteiger partial charge in [-0.15, -0.1) is 0 Å². The van der Waals surface area contributed by atoms with Crippen LogP contribution < -0.4 is 16.4 Å². The highest BCUT2D eigenvalue weighted by Crippen LogP contribution is 2.34. The molecule has 0 saturated carbocycles. The molecular weight excluding hydrogens is 356 g/mol. The second kappa shape index (κ2) is 8.99. The van der Waals surface area contributed by atoms with Crippen molar-refractivity contribution in [2.24, 2.45) is 0 Å². The molecule has 29 heavy (non-hydrogen) atoms. The van der Waals surface area contributed by atoms with Crippen LogP contribution in [0.5, 0.6) is 0 Å². The molecule has 0 aliphatic carbocycles. The third-order valence-electron chi connectivity index (χ3n) is 5.70. The van der Waals surface area contributed by atoms with Crippen molar-refractivity contribution in [1.29, 1.82) is 0 Å². The Labute approximate surface area is 174 Å². The van der Waals surface area contributed by atoms with E-state index >= 15 is 0 Å². The van der Waals surface area contributed by atoms with E-state index in [9.17, 15) is 0 Å². The van der Waals surface area contributed by atoms with E-state index in [0.717, 1.165) is 24.2 Å². The molecule has 3 rings (SSSR count). The number of anilines is 3. The van der Waals surface area contributed by atoms with Crippen LogP contribution in [0.15, 0.2) is 60.9 Å². The molecule has 0 aliphatic heterocycles. The van der Waals surface area contributed by atoms with Crippen molar-refractivity contribution < 1.29 is 0 Å². The molecular formula is C25H32N4. The molecule has 0 aliphatic rings. The molecule has 0 fully saturated rings. The molecule has 2 unspecified atom stereocenters. The lowest BCUT2D eigenvalue weighted by atomic mass is 9.86. The van der Waals surface area contributed by atoms with Gasteiger partial charge >= 0.3 is 0 Å². The number of aromatic nitrogens is 1. The molecule has 0 bridgehead atoms. The number of rotatable bonds is 7.